The van der Waals surface area contributed by atoms with Crippen molar-refractivity contribution in [1.82, 2.24) is 0 Å². The average molecular weight is 192 g/mol. The third-order valence-corrected chi connectivity index (χ3v) is 1.85. The average Bonchev–Trinajstić information content (AvgIpc) is 2.16. The van der Waals surface area contributed by atoms with Gasteiger partial charge < -0.3 is 15.8 Å². The zero-order chi connectivity index (χ0) is 10.6. The molecule has 0 fully saturated rings. The molecule has 3 N–H and O–H groups in total. The van der Waals surface area contributed by atoms with Crippen LogP contribution in [0.2, 0.25) is 0 Å². The Hall–Kier alpha value is -1.84. The Morgan fingerprint density at radius 1 is 1.50 bits per heavy atom. The van der Waals surface area contributed by atoms with Crippen molar-refractivity contribution < 1.29 is 9.90 Å². The number of nitrogens with one attached hydrogen (secondary N) is 2. The van der Waals surface area contributed by atoms with E-state index in [-0.39, 0.29) is 12.1 Å². The second-order valence-corrected chi connectivity index (χ2v) is 2.84. The second-order valence-electron chi connectivity index (χ2n) is 2.84. The highest BCUT2D eigenvalue weighted by Gasteiger charge is 2.09. The molecule has 0 radical (unpaired) electrons. The van der Waals surface area contributed by atoms with Crippen molar-refractivity contribution >= 4 is 17.4 Å². The molecule has 1 aromatic carbocycles. The lowest BCUT2D eigenvalue weighted by Crippen LogP contribution is -2.09. The van der Waals surface area contributed by atoms with Crippen molar-refractivity contribution in [2.75, 3.05) is 12.4 Å². The van der Waals surface area contributed by atoms with Crippen LogP contribution in [0.15, 0.2) is 24.3 Å². The van der Waals surface area contributed by atoms with Gasteiger partial charge in [-0.1, -0.05) is 18.2 Å². The third-order valence-electron chi connectivity index (χ3n) is 1.85. The number of rotatable bonds is 4. The van der Waals surface area contributed by atoms with E-state index in [0.29, 0.717) is 5.56 Å². The van der Waals surface area contributed by atoms with Crippen molar-refractivity contribution in [3.8, 4) is 0 Å². The molecule has 0 saturated heterocycles. The first-order chi connectivity index (χ1) is 6.65. The maximum atomic E-state index is 10.4. The van der Waals surface area contributed by atoms with Gasteiger partial charge in [0.2, 0.25) is 0 Å². The minimum atomic E-state index is -0.985. The maximum Gasteiger partial charge on any atom is 0.309 e. The minimum absolute atomic E-state index is 0.113. The Labute approximate surface area is 82.1 Å². The summed E-state index contributed by atoms with van der Waals surface area (Å²) in [4.78, 5) is 10.4. The zero-order valence-electron chi connectivity index (χ0n) is 7.87. The lowest BCUT2D eigenvalue weighted by atomic mass is 10.1. The smallest absolute Gasteiger partial charge is 0.309 e. The molecule has 0 saturated carbocycles. The first-order valence-electron chi connectivity index (χ1n) is 4.21. The SMILES string of the molecule is CNc1ccccc1C(=N)CC(=O)O. The van der Waals surface area contributed by atoms with Gasteiger partial charge in [0, 0.05) is 18.3 Å². The number of carbonyl (C=O) groups is 1. The van der Waals surface area contributed by atoms with Gasteiger partial charge in [0.25, 0.3) is 0 Å². The standard InChI is InChI=1S/C10H12N2O2/c1-12-9-5-3-2-4-7(9)8(11)6-10(13)14/h2-5,11-12H,6H2,1H3,(H,13,14). The molecule has 0 unspecified atom stereocenters. The predicted octanol–water partition coefficient (Wildman–Crippen LogP) is 1.57. The van der Waals surface area contributed by atoms with E-state index in [1.807, 2.05) is 12.1 Å². The molecule has 14 heavy (non-hydrogen) atoms. The Bertz CT molecular complexity index is 361. The van der Waals surface area contributed by atoms with Crippen LogP contribution in [0.5, 0.6) is 0 Å². The van der Waals surface area contributed by atoms with Gasteiger partial charge in [0.1, 0.15) is 0 Å². The highest BCUT2D eigenvalue weighted by molar-refractivity contribution is 6.10. The second kappa shape index (κ2) is 4.41. The van der Waals surface area contributed by atoms with Crippen molar-refractivity contribution in [1.29, 1.82) is 5.41 Å². The molecule has 0 aliphatic rings. The first kappa shape index (κ1) is 10.2. The highest BCUT2D eigenvalue weighted by atomic mass is 16.4. The molecule has 4 heteroatoms. The van der Waals surface area contributed by atoms with Crippen LogP contribution < -0.4 is 5.32 Å². The van der Waals surface area contributed by atoms with Crippen LogP contribution in [0.1, 0.15) is 12.0 Å². The molecule has 0 aromatic heterocycles. The van der Waals surface area contributed by atoms with Gasteiger partial charge in [-0.05, 0) is 6.07 Å². The van der Waals surface area contributed by atoms with Gasteiger partial charge in [-0.15, -0.1) is 0 Å². The summed E-state index contributed by atoms with van der Waals surface area (Å²) in [6.07, 6.45) is -0.251. The number of hydrogen-bond acceptors (Lipinski definition) is 3. The first-order valence-corrected chi connectivity index (χ1v) is 4.21. The molecule has 0 atom stereocenters. The predicted molar refractivity (Wildman–Crippen MR) is 55.1 cm³/mol. The number of para-hydroxylation sites is 1. The topological polar surface area (TPSA) is 73.2 Å². The van der Waals surface area contributed by atoms with Gasteiger partial charge in [-0.3, -0.25) is 4.79 Å². The molecule has 0 aliphatic heterocycles. The van der Waals surface area contributed by atoms with Crippen LogP contribution in [0.25, 0.3) is 0 Å². The summed E-state index contributed by atoms with van der Waals surface area (Å²) in [6.45, 7) is 0. The molecule has 0 heterocycles. The quantitative estimate of drug-likeness (QED) is 0.634. The fourth-order valence-electron chi connectivity index (χ4n) is 1.21. The molecular weight excluding hydrogens is 180 g/mol. The van der Waals surface area contributed by atoms with Crippen molar-refractivity contribution in [3.05, 3.63) is 29.8 Å². The van der Waals surface area contributed by atoms with E-state index < -0.39 is 5.97 Å². The van der Waals surface area contributed by atoms with Gasteiger partial charge in [0.05, 0.1) is 12.1 Å². The number of benzene rings is 1. The summed E-state index contributed by atoms with van der Waals surface area (Å²) in [7, 11) is 1.74. The Balaban J connectivity index is 2.94. The monoisotopic (exact) mass is 192 g/mol. The van der Waals surface area contributed by atoms with Gasteiger partial charge in [-0.25, -0.2) is 0 Å². The normalized spacial score (nSPS) is 9.50. The van der Waals surface area contributed by atoms with Gasteiger partial charge in [0.15, 0.2) is 0 Å². The minimum Gasteiger partial charge on any atom is -0.481 e. The largest absolute Gasteiger partial charge is 0.481 e. The summed E-state index contributed by atoms with van der Waals surface area (Å²) < 4.78 is 0. The summed E-state index contributed by atoms with van der Waals surface area (Å²) in [5.74, 6) is -0.985. The fourth-order valence-corrected chi connectivity index (χ4v) is 1.21. The fraction of sp³-hybridized carbons (Fsp3) is 0.200. The number of anilines is 1. The van der Waals surface area contributed by atoms with Crippen LogP contribution in [-0.4, -0.2) is 23.8 Å². The van der Waals surface area contributed by atoms with E-state index in [1.165, 1.54) is 0 Å². The summed E-state index contributed by atoms with van der Waals surface area (Å²) in [6, 6.07) is 7.17. The van der Waals surface area contributed by atoms with Crippen LogP contribution in [0.3, 0.4) is 0 Å². The summed E-state index contributed by atoms with van der Waals surface area (Å²) in [5.41, 5.74) is 1.53. The van der Waals surface area contributed by atoms with Crippen molar-refractivity contribution in [2.24, 2.45) is 0 Å². The molecule has 0 aliphatic carbocycles. The van der Waals surface area contributed by atoms with Crippen LogP contribution in [0, 0.1) is 5.41 Å². The van der Waals surface area contributed by atoms with E-state index in [4.69, 9.17) is 10.5 Å². The van der Waals surface area contributed by atoms with Crippen LogP contribution >= 0.6 is 0 Å². The molecule has 74 valence electrons. The van der Waals surface area contributed by atoms with Crippen molar-refractivity contribution in [3.63, 3.8) is 0 Å². The lowest BCUT2D eigenvalue weighted by Gasteiger charge is -2.08. The number of aliphatic carboxylic acids is 1. The van der Waals surface area contributed by atoms with E-state index >= 15 is 0 Å². The van der Waals surface area contributed by atoms with E-state index in [9.17, 15) is 4.79 Å². The summed E-state index contributed by atoms with van der Waals surface area (Å²) >= 11 is 0. The molecule has 0 bridgehead atoms. The number of carboxylic acids is 1. The van der Waals surface area contributed by atoms with E-state index in [0.717, 1.165) is 5.69 Å². The van der Waals surface area contributed by atoms with Crippen molar-refractivity contribution in [2.45, 2.75) is 6.42 Å². The zero-order valence-corrected chi connectivity index (χ0v) is 7.87. The molecule has 1 aromatic rings. The van der Waals surface area contributed by atoms with E-state index in [1.54, 1.807) is 19.2 Å². The maximum absolute atomic E-state index is 10.4. The Morgan fingerprint density at radius 3 is 2.71 bits per heavy atom. The van der Waals surface area contributed by atoms with E-state index in [2.05, 4.69) is 5.32 Å². The number of carboxylic acid groups (broad SMARTS) is 1. The molecule has 4 nitrogen and oxygen atoms in total. The molecular formula is C10H12N2O2. The van der Waals surface area contributed by atoms with Crippen LogP contribution in [-0.2, 0) is 4.79 Å². The third kappa shape index (κ3) is 2.32. The Kier molecular flexibility index (Phi) is 3.23. The lowest BCUT2D eigenvalue weighted by molar-refractivity contribution is -0.135. The highest BCUT2D eigenvalue weighted by Crippen LogP contribution is 2.15. The number of hydrogen-bond donors (Lipinski definition) is 3. The Morgan fingerprint density at radius 2 is 2.14 bits per heavy atom. The van der Waals surface area contributed by atoms with Crippen LogP contribution in [0.4, 0.5) is 5.69 Å². The summed E-state index contributed by atoms with van der Waals surface area (Å²) in [5, 5.41) is 19.0. The molecule has 0 spiro atoms. The molecule has 1 rings (SSSR count). The van der Waals surface area contributed by atoms with Gasteiger partial charge in [-0.2, -0.15) is 0 Å². The molecule has 0 amide bonds. The van der Waals surface area contributed by atoms with Gasteiger partial charge >= 0.3 is 5.97 Å².